The van der Waals surface area contributed by atoms with Gasteiger partial charge in [0.15, 0.2) is 17.5 Å². The first-order chi connectivity index (χ1) is 42.3. The number of nitrogens with one attached hydrogen (secondary N) is 3. The number of carbonyl (C=O) groups is 3. The Morgan fingerprint density at radius 1 is 0.437 bits per heavy atom. The van der Waals surface area contributed by atoms with Gasteiger partial charge in [-0.1, -0.05) is 78.9 Å². The lowest BCUT2D eigenvalue weighted by molar-refractivity contribution is 0.0686. The van der Waals surface area contributed by atoms with Gasteiger partial charge < -0.3 is 31.3 Å². The number of carboxylic acid groups (broad SMARTS) is 3. The molecule has 3 aliphatic carbocycles. The van der Waals surface area contributed by atoms with E-state index in [1.165, 1.54) is 17.7 Å². The number of aromatic carboxylic acids is 3. The maximum atomic E-state index is 13.7. The van der Waals surface area contributed by atoms with Gasteiger partial charge in [-0.15, -0.1) is 0 Å². The average Bonchev–Trinajstić information content (AvgIpc) is 1.91. The van der Waals surface area contributed by atoms with Crippen LogP contribution in [0.1, 0.15) is 98.2 Å². The molecule has 0 radical (unpaired) electrons. The van der Waals surface area contributed by atoms with Crippen LogP contribution in [0, 0.1) is 17.6 Å². The number of rotatable bonds is 16. The molecule has 0 atom stereocenters. The molecule has 0 saturated heterocycles. The molecule has 20 heteroatoms. The number of pyridine rings is 3. The molecule has 6 aromatic carbocycles. The fraction of sp³-hybridized carbons (Fsp3) is 0.194. The summed E-state index contributed by atoms with van der Waals surface area (Å²) < 4.78 is 27.3. The molecule has 0 bridgehead atoms. The second kappa shape index (κ2) is 23.7. The van der Waals surface area contributed by atoms with E-state index in [0.717, 1.165) is 126 Å². The van der Waals surface area contributed by atoms with Crippen LogP contribution in [0.25, 0.3) is 65.4 Å². The second-order valence-corrected chi connectivity index (χ2v) is 22.1. The van der Waals surface area contributed by atoms with Gasteiger partial charge in [0.05, 0.1) is 33.2 Å². The summed E-state index contributed by atoms with van der Waals surface area (Å²) in [5, 5.41) is 42.6. The van der Waals surface area contributed by atoms with Crippen molar-refractivity contribution in [1.82, 2.24) is 44.9 Å². The molecule has 12 aromatic rings. The van der Waals surface area contributed by atoms with Gasteiger partial charge in [0.25, 0.3) is 0 Å². The van der Waals surface area contributed by atoms with E-state index in [9.17, 15) is 38.5 Å². The molecule has 0 aliphatic heterocycles. The maximum absolute atomic E-state index is 13.7. The van der Waals surface area contributed by atoms with E-state index >= 15 is 0 Å². The number of anilines is 4. The molecule has 3 saturated carbocycles. The van der Waals surface area contributed by atoms with Gasteiger partial charge in [0.1, 0.15) is 45.7 Å². The highest BCUT2D eigenvalue weighted by molar-refractivity contribution is 6.12. The fourth-order valence-corrected chi connectivity index (χ4v) is 10.3. The standard InChI is InChI=1S/C23H20N4O2.C22H16F2N4O2.C22H18N4O2/c28-23(29)15-7-10-17-18-13-24-20(11-6-14-4-2-1-3-5-14)27-21(18)22(25-16-8-9-16)26-19(17)12-15;23-13-7-14(24)9-15(8-13)26-21-20-17(10-25-19(28-20)5-11-1-2-11)16-4-3-12(22(29)30)6-18(16)27-21;27-22(28)14-6-9-16-17-12-23-19(10-13-4-2-1-3-5-13)26-20(17)21(24-15-7-8-15)25-18(16)11-14/h1-5,7,10,12-13,16H,6,8-9,11H2,(H,25,26)(H,28,29);3-4,6-11H,1-2,5H2,(H,26,27)(H,29,30);1-6,9,11-12,15H,7-8,10H2,(H,24,25)(H,27,28). The van der Waals surface area contributed by atoms with E-state index in [0.29, 0.717) is 74.7 Å². The van der Waals surface area contributed by atoms with E-state index in [1.807, 2.05) is 48.8 Å². The molecule has 87 heavy (non-hydrogen) atoms. The molecular formula is C67H54F2N12O6. The monoisotopic (exact) mass is 1160 g/mol. The molecule has 0 spiro atoms. The maximum Gasteiger partial charge on any atom is 0.335 e. The molecule has 6 N–H and O–H groups in total. The molecule has 6 heterocycles. The Labute approximate surface area is 494 Å². The first-order valence-corrected chi connectivity index (χ1v) is 28.6. The van der Waals surface area contributed by atoms with Crippen LogP contribution < -0.4 is 16.0 Å². The van der Waals surface area contributed by atoms with Crippen molar-refractivity contribution in [3.05, 3.63) is 209 Å². The van der Waals surface area contributed by atoms with Crippen LogP contribution in [-0.4, -0.2) is 90.2 Å². The van der Waals surface area contributed by atoms with Crippen LogP contribution in [0.15, 0.2) is 152 Å². The minimum atomic E-state index is -1.07. The van der Waals surface area contributed by atoms with E-state index < -0.39 is 29.5 Å². The van der Waals surface area contributed by atoms with Gasteiger partial charge in [0, 0.05) is 94.0 Å². The Balaban J connectivity index is 0.000000121. The van der Waals surface area contributed by atoms with E-state index in [4.69, 9.17) is 19.9 Å². The minimum Gasteiger partial charge on any atom is -0.478 e. The van der Waals surface area contributed by atoms with Crippen molar-refractivity contribution in [2.45, 2.75) is 76.3 Å². The van der Waals surface area contributed by atoms with E-state index in [2.05, 4.69) is 65.1 Å². The molecule has 432 valence electrons. The van der Waals surface area contributed by atoms with Crippen molar-refractivity contribution >= 4 is 106 Å². The number of aryl methyl sites for hydroxylation is 2. The van der Waals surface area contributed by atoms with Crippen molar-refractivity contribution in [2.75, 3.05) is 16.0 Å². The Morgan fingerprint density at radius 2 is 0.862 bits per heavy atom. The molecule has 0 unspecified atom stereocenters. The van der Waals surface area contributed by atoms with Gasteiger partial charge in [-0.3, -0.25) is 0 Å². The van der Waals surface area contributed by atoms with Gasteiger partial charge in [-0.25, -0.2) is 68.0 Å². The predicted octanol–water partition coefficient (Wildman–Crippen LogP) is 13.1. The summed E-state index contributed by atoms with van der Waals surface area (Å²) in [7, 11) is 0. The zero-order valence-corrected chi connectivity index (χ0v) is 46.6. The molecule has 15 rings (SSSR count). The number of halogens is 2. The first kappa shape index (κ1) is 55.4. The number of aromatic nitrogens is 9. The summed E-state index contributed by atoms with van der Waals surface area (Å²) in [6, 6.07) is 38.9. The highest BCUT2D eigenvalue weighted by atomic mass is 19.1. The van der Waals surface area contributed by atoms with Gasteiger partial charge >= 0.3 is 17.9 Å². The van der Waals surface area contributed by atoms with E-state index in [-0.39, 0.29) is 28.2 Å². The van der Waals surface area contributed by atoms with Crippen LogP contribution in [-0.2, 0) is 25.7 Å². The Kier molecular flexibility index (Phi) is 15.1. The molecule has 6 aromatic heterocycles. The minimum absolute atomic E-state index is 0.0865. The normalized spacial score (nSPS) is 13.7. The number of fused-ring (bicyclic) bond motifs is 9. The third-order valence-corrected chi connectivity index (χ3v) is 15.3. The predicted molar refractivity (Wildman–Crippen MR) is 328 cm³/mol. The smallest absolute Gasteiger partial charge is 0.335 e. The highest BCUT2D eigenvalue weighted by Crippen LogP contribution is 2.37. The van der Waals surface area contributed by atoms with Crippen molar-refractivity contribution in [3.63, 3.8) is 0 Å². The largest absolute Gasteiger partial charge is 0.478 e. The summed E-state index contributed by atoms with van der Waals surface area (Å²) in [5.74, 6) is 0.0348. The molecule has 3 fully saturated rings. The van der Waals surface area contributed by atoms with Gasteiger partial charge in [0.2, 0.25) is 0 Å². The molecule has 18 nitrogen and oxygen atoms in total. The van der Waals surface area contributed by atoms with Crippen LogP contribution >= 0.6 is 0 Å². The summed E-state index contributed by atoms with van der Waals surface area (Å²) in [6.45, 7) is 0. The quantitative estimate of drug-likeness (QED) is 0.0491. The fourth-order valence-electron chi connectivity index (χ4n) is 10.3. The SMILES string of the molecule is O=C(O)c1ccc2c(c1)nc(NC1CC1)c1nc(CCc3ccccc3)ncc12.O=C(O)c1ccc2c(c1)nc(NC1CC1)c1nc(Cc3ccccc3)ncc12.O=C(O)c1ccc2c(c1)nc(Nc1cc(F)cc(F)c1)c1nc(CC3CC3)ncc12. The number of carboxylic acids is 3. The van der Waals surface area contributed by atoms with Gasteiger partial charge in [-0.05, 0) is 111 Å². The summed E-state index contributed by atoms with van der Waals surface area (Å²) in [5.41, 5.74) is 6.90. The van der Waals surface area contributed by atoms with Gasteiger partial charge in [-0.2, -0.15) is 0 Å². The summed E-state index contributed by atoms with van der Waals surface area (Å²) in [4.78, 5) is 75.9. The third kappa shape index (κ3) is 12.8. The van der Waals surface area contributed by atoms with Crippen LogP contribution in [0.4, 0.5) is 31.9 Å². The van der Waals surface area contributed by atoms with Crippen molar-refractivity contribution in [3.8, 4) is 0 Å². The van der Waals surface area contributed by atoms with Crippen molar-refractivity contribution < 1.29 is 38.5 Å². The first-order valence-electron chi connectivity index (χ1n) is 28.6. The zero-order valence-electron chi connectivity index (χ0n) is 46.6. The number of hydrogen-bond donors (Lipinski definition) is 6. The molecular weight excluding hydrogens is 1110 g/mol. The van der Waals surface area contributed by atoms with Crippen LogP contribution in [0.2, 0.25) is 0 Å². The lowest BCUT2D eigenvalue weighted by atomic mass is 10.1. The lowest BCUT2D eigenvalue weighted by Crippen LogP contribution is -2.07. The number of hydrogen-bond acceptors (Lipinski definition) is 15. The summed E-state index contributed by atoms with van der Waals surface area (Å²) >= 11 is 0. The lowest BCUT2D eigenvalue weighted by Gasteiger charge is -2.12. The Bertz CT molecular complexity index is 4670. The Hall–Kier alpha value is -10.8. The summed E-state index contributed by atoms with van der Waals surface area (Å²) in [6.07, 6.45) is 15.2. The molecule has 3 aliphatic rings. The topological polar surface area (TPSA) is 264 Å². The average molecular weight is 1160 g/mol. The van der Waals surface area contributed by atoms with Crippen LogP contribution in [0.3, 0.4) is 0 Å². The second-order valence-electron chi connectivity index (χ2n) is 22.1. The highest BCUT2D eigenvalue weighted by Gasteiger charge is 2.27. The third-order valence-electron chi connectivity index (χ3n) is 15.3. The molecule has 0 amide bonds. The van der Waals surface area contributed by atoms with E-state index in [1.54, 1.807) is 48.7 Å². The van der Waals surface area contributed by atoms with Crippen molar-refractivity contribution in [1.29, 1.82) is 0 Å². The number of nitrogens with zero attached hydrogens (tertiary/aromatic N) is 9. The zero-order chi connectivity index (χ0) is 59.7. The Morgan fingerprint density at radius 3 is 1.33 bits per heavy atom. The van der Waals surface area contributed by atoms with Crippen molar-refractivity contribution in [2.24, 2.45) is 5.92 Å². The van der Waals surface area contributed by atoms with Crippen LogP contribution in [0.5, 0.6) is 0 Å². The number of benzene rings is 6.